The number of carbonyl (C=O) groups excluding carboxylic acids is 1. The zero-order valence-electron chi connectivity index (χ0n) is 16.4. The van der Waals surface area contributed by atoms with Crippen molar-refractivity contribution in [2.24, 2.45) is 0 Å². The van der Waals surface area contributed by atoms with Crippen LogP contribution < -0.4 is 5.32 Å². The molecule has 5 nitrogen and oxygen atoms in total. The number of aromatic nitrogens is 2. The molecule has 0 saturated carbocycles. The van der Waals surface area contributed by atoms with Crippen LogP contribution in [0.4, 0.5) is 10.2 Å². The SMILES string of the molecule is CCN(CC(=O)Nc1cc(C)nn1-c1ccc(C)cc1)Cc1cccc(F)c1. The minimum atomic E-state index is -0.268. The largest absolute Gasteiger partial charge is 0.309 e. The highest BCUT2D eigenvalue weighted by molar-refractivity contribution is 5.91. The van der Waals surface area contributed by atoms with Gasteiger partial charge in [-0.2, -0.15) is 5.10 Å². The number of amides is 1. The lowest BCUT2D eigenvalue weighted by Gasteiger charge is -2.20. The van der Waals surface area contributed by atoms with Gasteiger partial charge in [-0.3, -0.25) is 9.69 Å². The van der Waals surface area contributed by atoms with Crippen molar-refractivity contribution in [2.45, 2.75) is 27.3 Å². The highest BCUT2D eigenvalue weighted by atomic mass is 19.1. The molecule has 2 aromatic carbocycles. The van der Waals surface area contributed by atoms with Gasteiger partial charge in [-0.15, -0.1) is 0 Å². The van der Waals surface area contributed by atoms with Crippen molar-refractivity contribution in [3.05, 3.63) is 77.2 Å². The summed E-state index contributed by atoms with van der Waals surface area (Å²) in [7, 11) is 0. The summed E-state index contributed by atoms with van der Waals surface area (Å²) in [5.41, 5.74) is 3.72. The Morgan fingerprint density at radius 2 is 1.89 bits per heavy atom. The molecule has 3 aromatic rings. The Morgan fingerprint density at radius 3 is 2.57 bits per heavy atom. The summed E-state index contributed by atoms with van der Waals surface area (Å²) >= 11 is 0. The number of benzene rings is 2. The third-order valence-electron chi connectivity index (χ3n) is 4.49. The maximum Gasteiger partial charge on any atom is 0.239 e. The van der Waals surface area contributed by atoms with E-state index in [9.17, 15) is 9.18 Å². The Labute approximate surface area is 164 Å². The zero-order chi connectivity index (χ0) is 20.1. The van der Waals surface area contributed by atoms with E-state index in [1.807, 2.05) is 62.1 Å². The van der Waals surface area contributed by atoms with E-state index in [1.54, 1.807) is 10.7 Å². The molecule has 0 aliphatic carbocycles. The average Bonchev–Trinajstić information content (AvgIpc) is 3.01. The minimum absolute atomic E-state index is 0.133. The van der Waals surface area contributed by atoms with Crippen LogP contribution in [0.3, 0.4) is 0 Å². The highest BCUT2D eigenvalue weighted by Crippen LogP contribution is 2.18. The van der Waals surface area contributed by atoms with Gasteiger partial charge in [0.2, 0.25) is 5.91 Å². The van der Waals surface area contributed by atoms with E-state index in [4.69, 9.17) is 0 Å². The topological polar surface area (TPSA) is 50.2 Å². The first-order chi connectivity index (χ1) is 13.4. The second kappa shape index (κ2) is 8.80. The average molecular weight is 380 g/mol. The first-order valence-electron chi connectivity index (χ1n) is 9.35. The van der Waals surface area contributed by atoms with Gasteiger partial charge in [0.1, 0.15) is 11.6 Å². The van der Waals surface area contributed by atoms with Gasteiger partial charge in [0.15, 0.2) is 0 Å². The fourth-order valence-electron chi connectivity index (χ4n) is 3.03. The number of rotatable bonds is 7. The van der Waals surface area contributed by atoms with Crippen molar-refractivity contribution in [3.63, 3.8) is 0 Å². The highest BCUT2D eigenvalue weighted by Gasteiger charge is 2.14. The molecule has 1 amide bonds. The minimum Gasteiger partial charge on any atom is -0.309 e. The molecular weight excluding hydrogens is 355 g/mol. The van der Waals surface area contributed by atoms with E-state index in [0.29, 0.717) is 18.9 Å². The molecular formula is C22H25FN4O. The maximum atomic E-state index is 13.4. The molecule has 0 aliphatic rings. The summed E-state index contributed by atoms with van der Waals surface area (Å²) < 4.78 is 15.1. The van der Waals surface area contributed by atoms with Crippen molar-refractivity contribution in [1.29, 1.82) is 0 Å². The molecule has 1 N–H and O–H groups in total. The molecule has 6 heteroatoms. The molecule has 0 unspecified atom stereocenters. The van der Waals surface area contributed by atoms with Crippen molar-refractivity contribution in [2.75, 3.05) is 18.4 Å². The second-order valence-electron chi connectivity index (χ2n) is 6.90. The van der Waals surface area contributed by atoms with E-state index >= 15 is 0 Å². The number of likely N-dealkylation sites (N-methyl/N-ethyl adjacent to an activating group) is 1. The predicted molar refractivity (Wildman–Crippen MR) is 109 cm³/mol. The molecule has 0 spiro atoms. The van der Waals surface area contributed by atoms with Crippen molar-refractivity contribution in [1.82, 2.24) is 14.7 Å². The molecule has 146 valence electrons. The van der Waals surface area contributed by atoms with E-state index < -0.39 is 0 Å². The smallest absolute Gasteiger partial charge is 0.239 e. The third kappa shape index (κ3) is 5.04. The van der Waals surface area contributed by atoms with Gasteiger partial charge in [0, 0.05) is 12.6 Å². The first kappa shape index (κ1) is 19.8. The van der Waals surface area contributed by atoms with Gasteiger partial charge >= 0.3 is 0 Å². The third-order valence-corrected chi connectivity index (χ3v) is 4.49. The summed E-state index contributed by atoms with van der Waals surface area (Å²) in [6, 6.07) is 16.3. The second-order valence-corrected chi connectivity index (χ2v) is 6.90. The van der Waals surface area contributed by atoms with Gasteiger partial charge in [-0.25, -0.2) is 9.07 Å². The summed E-state index contributed by atoms with van der Waals surface area (Å²) in [6.07, 6.45) is 0. The van der Waals surface area contributed by atoms with Crippen LogP contribution in [0.15, 0.2) is 54.6 Å². The number of nitrogens with zero attached hydrogens (tertiary/aromatic N) is 3. The molecule has 1 aromatic heterocycles. The summed E-state index contributed by atoms with van der Waals surface area (Å²) in [4.78, 5) is 14.6. The van der Waals surface area contributed by atoms with E-state index in [2.05, 4.69) is 10.4 Å². The van der Waals surface area contributed by atoms with Crippen LogP contribution >= 0.6 is 0 Å². The fraction of sp³-hybridized carbons (Fsp3) is 0.273. The number of hydrogen-bond donors (Lipinski definition) is 1. The van der Waals surface area contributed by atoms with Crippen LogP contribution in [0.25, 0.3) is 5.69 Å². The number of carbonyl (C=O) groups is 1. The molecule has 3 rings (SSSR count). The Balaban J connectivity index is 1.69. The number of hydrogen-bond acceptors (Lipinski definition) is 3. The van der Waals surface area contributed by atoms with Crippen LogP contribution in [-0.2, 0) is 11.3 Å². The summed E-state index contributed by atoms with van der Waals surface area (Å²) in [5, 5.41) is 7.44. The predicted octanol–water partition coefficient (Wildman–Crippen LogP) is 4.09. The lowest BCUT2D eigenvalue weighted by molar-refractivity contribution is -0.117. The van der Waals surface area contributed by atoms with Crippen molar-refractivity contribution >= 4 is 11.7 Å². The van der Waals surface area contributed by atoms with Gasteiger partial charge in [0.25, 0.3) is 0 Å². The monoisotopic (exact) mass is 380 g/mol. The van der Waals surface area contributed by atoms with E-state index in [-0.39, 0.29) is 18.3 Å². The molecule has 0 bridgehead atoms. The Bertz CT molecular complexity index is 949. The summed E-state index contributed by atoms with van der Waals surface area (Å²) in [5.74, 6) is 0.232. The van der Waals surface area contributed by atoms with Gasteiger partial charge in [-0.05, 0) is 50.2 Å². The van der Waals surface area contributed by atoms with E-state index in [1.165, 1.54) is 12.1 Å². The van der Waals surface area contributed by atoms with Crippen LogP contribution in [-0.4, -0.2) is 33.7 Å². The molecule has 0 radical (unpaired) electrons. The molecule has 0 fully saturated rings. The van der Waals surface area contributed by atoms with Crippen molar-refractivity contribution < 1.29 is 9.18 Å². The van der Waals surface area contributed by atoms with Gasteiger partial charge in [-0.1, -0.05) is 36.8 Å². The summed E-state index contributed by atoms with van der Waals surface area (Å²) in [6.45, 7) is 7.30. The number of aryl methyl sites for hydroxylation is 2. The van der Waals surface area contributed by atoms with Crippen LogP contribution in [0.5, 0.6) is 0 Å². The molecule has 0 saturated heterocycles. The number of nitrogens with one attached hydrogen (secondary N) is 1. The number of anilines is 1. The van der Waals surface area contributed by atoms with Crippen molar-refractivity contribution in [3.8, 4) is 5.69 Å². The fourth-order valence-corrected chi connectivity index (χ4v) is 3.03. The lowest BCUT2D eigenvalue weighted by Crippen LogP contribution is -2.33. The quantitative estimate of drug-likeness (QED) is 0.672. The van der Waals surface area contributed by atoms with Gasteiger partial charge in [0.05, 0.1) is 17.9 Å². The Morgan fingerprint density at radius 1 is 1.14 bits per heavy atom. The molecule has 0 atom stereocenters. The van der Waals surface area contributed by atoms with E-state index in [0.717, 1.165) is 22.5 Å². The number of halogens is 1. The van der Waals surface area contributed by atoms with Gasteiger partial charge < -0.3 is 5.32 Å². The van der Waals surface area contributed by atoms with Crippen LogP contribution in [0, 0.1) is 19.7 Å². The van der Waals surface area contributed by atoms with Crippen LogP contribution in [0.1, 0.15) is 23.7 Å². The van der Waals surface area contributed by atoms with Crippen LogP contribution in [0.2, 0.25) is 0 Å². The lowest BCUT2D eigenvalue weighted by atomic mass is 10.2. The standard InChI is InChI=1S/C22H25FN4O/c1-4-26(14-18-6-5-7-19(23)13-18)15-22(28)24-21-12-17(3)25-27(21)20-10-8-16(2)9-11-20/h5-13H,4,14-15H2,1-3H3,(H,24,28). The molecule has 28 heavy (non-hydrogen) atoms. The Kier molecular flexibility index (Phi) is 6.21. The first-order valence-corrected chi connectivity index (χ1v) is 9.35. The normalized spacial score (nSPS) is 11.0. The Hall–Kier alpha value is -2.99. The molecule has 1 heterocycles. The zero-order valence-corrected chi connectivity index (χ0v) is 16.4. The maximum absolute atomic E-state index is 13.4. The molecule has 0 aliphatic heterocycles.